The summed E-state index contributed by atoms with van der Waals surface area (Å²) in [4.78, 5) is 24.1. The maximum absolute atomic E-state index is 12.0. The number of hydrogen-bond acceptors (Lipinski definition) is 3. The molecule has 1 aliphatic rings. The second-order valence-corrected chi connectivity index (χ2v) is 5.02. The lowest BCUT2D eigenvalue weighted by atomic mass is 10.0. The first-order valence-corrected chi connectivity index (χ1v) is 5.98. The Bertz CT molecular complexity index is 727. The van der Waals surface area contributed by atoms with E-state index in [0.717, 1.165) is 0 Å². The van der Waals surface area contributed by atoms with Crippen molar-refractivity contribution in [2.24, 2.45) is 0 Å². The van der Waals surface area contributed by atoms with E-state index in [9.17, 15) is 14.9 Å². The Morgan fingerprint density at radius 2 is 2.06 bits per heavy atom. The molecule has 2 aromatic carbocycles. The van der Waals surface area contributed by atoms with Crippen LogP contribution in [-0.2, 0) is 0 Å². The van der Waals surface area contributed by atoms with Crippen LogP contribution in [0.5, 0.6) is 0 Å². The number of benzene rings is 2. The summed E-state index contributed by atoms with van der Waals surface area (Å²) in [5.74, 6) is -0.142. The number of nitro benzene ring substituents is 1. The van der Waals surface area contributed by atoms with Crippen LogP contribution in [0.3, 0.4) is 0 Å². The zero-order valence-corrected chi connectivity index (χ0v) is 10.9. The SMILES string of the molecule is CN1C(=O)c2cc(Br)cc3c([N+](=O)[O-])ccc1c23. The van der Waals surface area contributed by atoms with Gasteiger partial charge in [-0.15, -0.1) is 0 Å². The van der Waals surface area contributed by atoms with E-state index in [4.69, 9.17) is 0 Å². The first-order chi connectivity index (χ1) is 8.50. The number of carbonyl (C=O) groups is 1. The van der Waals surface area contributed by atoms with Crippen molar-refractivity contribution in [2.45, 2.75) is 0 Å². The van der Waals surface area contributed by atoms with Crippen LogP contribution in [-0.4, -0.2) is 17.9 Å². The Balaban J connectivity index is 2.53. The molecule has 18 heavy (non-hydrogen) atoms. The normalized spacial score (nSPS) is 13.4. The smallest absolute Gasteiger partial charge is 0.277 e. The highest BCUT2D eigenvalue weighted by Gasteiger charge is 2.30. The first kappa shape index (κ1) is 11.2. The molecule has 0 aromatic heterocycles. The maximum atomic E-state index is 12.0. The minimum Gasteiger partial charge on any atom is -0.311 e. The van der Waals surface area contributed by atoms with Crippen molar-refractivity contribution < 1.29 is 9.72 Å². The Morgan fingerprint density at radius 1 is 1.33 bits per heavy atom. The number of nitro groups is 1. The van der Waals surface area contributed by atoms with Gasteiger partial charge in [-0.3, -0.25) is 14.9 Å². The van der Waals surface area contributed by atoms with E-state index in [1.807, 2.05) is 0 Å². The zero-order valence-electron chi connectivity index (χ0n) is 9.31. The van der Waals surface area contributed by atoms with Gasteiger partial charge < -0.3 is 4.90 Å². The molecular formula is C12H7BrN2O3. The highest BCUT2D eigenvalue weighted by molar-refractivity contribution is 9.10. The molecule has 0 aliphatic carbocycles. The number of non-ortho nitro benzene ring substituents is 1. The third-order valence-corrected chi connectivity index (χ3v) is 3.59. The summed E-state index contributed by atoms with van der Waals surface area (Å²) >= 11 is 3.28. The van der Waals surface area contributed by atoms with Crippen molar-refractivity contribution in [3.05, 3.63) is 44.4 Å². The largest absolute Gasteiger partial charge is 0.311 e. The van der Waals surface area contributed by atoms with E-state index in [0.29, 0.717) is 26.5 Å². The van der Waals surface area contributed by atoms with E-state index < -0.39 is 4.92 Å². The second-order valence-electron chi connectivity index (χ2n) is 4.10. The molecule has 0 radical (unpaired) electrons. The summed E-state index contributed by atoms with van der Waals surface area (Å²) < 4.78 is 0.661. The molecule has 1 heterocycles. The number of anilines is 1. The number of carbonyl (C=O) groups excluding carboxylic acids is 1. The summed E-state index contributed by atoms with van der Waals surface area (Å²) in [6.45, 7) is 0. The number of hydrogen-bond donors (Lipinski definition) is 0. The molecule has 0 atom stereocenters. The molecule has 0 bridgehead atoms. The highest BCUT2D eigenvalue weighted by Crippen LogP contribution is 2.42. The Hall–Kier alpha value is -1.95. The molecule has 1 amide bonds. The topological polar surface area (TPSA) is 63.5 Å². The third-order valence-electron chi connectivity index (χ3n) is 3.13. The standard InChI is InChI=1S/C12H7BrN2O3/c1-14-10-3-2-9(15(17)18)7-4-6(13)5-8(11(7)10)12(14)16/h2-5H,1H3. The lowest BCUT2D eigenvalue weighted by molar-refractivity contribution is -0.383. The number of amides is 1. The van der Waals surface area contributed by atoms with Gasteiger partial charge >= 0.3 is 0 Å². The van der Waals surface area contributed by atoms with Crippen molar-refractivity contribution in [2.75, 3.05) is 11.9 Å². The van der Waals surface area contributed by atoms with Gasteiger partial charge in [-0.1, -0.05) is 15.9 Å². The minimum atomic E-state index is -0.432. The second kappa shape index (κ2) is 3.52. The molecule has 0 saturated carbocycles. The molecule has 0 N–H and O–H groups in total. The third kappa shape index (κ3) is 1.29. The van der Waals surface area contributed by atoms with Crippen LogP contribution in [0, 0.1) is 10.1 Å². The van der Waals surface area contributed by atoms with Gasteiger partial charge in [-0.05, 0) is 18.2 Å². The lowest BCUT2D eigenvalue weighted by Crippen LogP contribution is -2.20. The number of halogens is 1. The first-order valence-electron chi connectivity index (χ1n) is 5.19. The average Bonchev–Trinajstić information content (AvgIpc) is 2.55. The van der Waals surface area contributed by atoms with Gasteiger partial charge in [-0.2, -0.15) is 0 Å². The molecule has 6 heteroatoms. The summed E-state index contributed by atoms with van der Waals surface area (Å²) in [6, 6.07) is 6.42. The quantitative estimate of drug-likeness (QED) is 0.600. The van der Waals surface area contributed by atoms with E-state index in [-0.39, 0.29) is 11.6 Å². The van der Waals surface area contributed by atoms with Crippen molar-refractivity contribution >= 4 is 44.0 Å². The lowest BCUT2D eigenvalue weighted by Gasteiger charge is -2.09. The monoisotopic (exact) mass is 306 g/mol. The highest BCUT2D eigenvalue weighted by atomic mass is 79.9. The summed E-state index contributed by atoms with van der Waals surface area (Å²) in [5, 5.41) is 12.2. The molecule has 90 valence electrons. The van der Waals surface area contributed by atoms with Crippen LogP contribution in [0.2, 0.25) is 0 Å². The molecule has 5 nitrogen and oxygen atoms in total. The van der Waals surface area contributed by atoms with Crippen LogP contribution in [0.4, 0.5) is 11.4 Å². The average molecular weight is 307 g/mol. The van der Waals surface area contributed by atoms with Gasteiger partial charge in [0, 0.05) is 23.0 Å². The fourth-order valence-corrected chi connectivity index (χ4v) is 2.77. The number of rotatable bonds is 1. The van der Waals surface area contributed by atoms with Gasteiger partial charge in [0.05, 0.1) is 21.6 Å². The zero-order chi connectivity index (χ0) is 13.0. The summed E-state index contributed by atoms with van der Waals surface area (Å²) in [7, 11) is 1.66. The van der Waals surface area contributed by atoms with Crippen molar-refractivity contribution in [1.82, 2.24) is 0 Å². The van der Waals surface area contributed by atoms with Crippen LogP contribution >= 0.6 is 15.9 Å². The fraction of sp³-hybridized carbons (Fsp3) is 0.0833. The summed E-state index contributed by atoms with van der Waals surface area (Å²) in [6.07, 6.45) is 0. The molecule has 2 aromatic rings. The molecule has 0 saturated heterocycles. The Kier molecular flexibility index (Phi) is 2.18. The van der Waals surface area contributed by atoms with Crippen LogP contribution in [0.1, 0.15) is 10.4 Å². The Morgan fingerprint density at radius 3 is 2.72 bits per heavy atom. The van der Waals surface area contributed by atoms with Crippen molar-refractivity contribution in [1.29, 1.82) is 0 Å². The predicted molar refractivity (Wildman–Crippen MR) is 71.0 cm³/mol. The van der Waals surface area contributed by atoms with Crippen LogP contribution in [0.15, 0.2) is 28.7 Å². The molecule has 0 unspecified atom stereocenters. The van der Waals surface area contributed by atoms with Gasteiger partial charge in [0.15, 0.2) is 0 Å². The predicted octanol–water partition coefficient (Wildman–Crippen LogP) is 3.10. The molecular weight excluding hydrogens is 300 g/mol. The van der Waals surface area contributed by atoms with Gasteiger partial charge in [0.2, 0.25) is 0 Å². The van der Waals surface area contributed by atoms with E-state index in [1.165, 1.54) is 11.0 Å². The van der Waals surface area contributed by atoms with Crippen LogP contribution < -0.4 is 4.90 Å². The van der Waals surface area contributed by atoms with Gasteiger partial charge in [0.1, 0.15) is 0 Å². The maximum Gasteiger partial charge on any atom is 0.277 e. The minimum absolute atomic E-state index is 0.0133. The molecule has 0 fully saturated rings. The van der Waals surface area contributed by atoms with Crippen LogP contribution in [0.25, 0.3) is 10.8 Å². The summed E-state index contributed by atoms with van der Waals surface area (Å²) in [5.41, 5.74) is 1.23. The van der Waals surface area contributed by atoms with E-state index in [2.05, 4.69) is 15.9 Å². The molecule has 3 rings (SSSR count). The Labute approximate surface area is 110 Å². The van der Waals surface area contributed by atoms with E-state index in [1.54, 1.807) is 25.2 Å². The number of nitrogens with zero attached hydrogens (tertiary/aromatic N) is 2. The fourth-order valence-electron chi connectivity index (χ4n) is 2.31. The molecule has 0 spiro atoms. The van der Waals surface area contributed by atoms with Gasteiger partial charge in [0.25, 0.3) is 11.6 Å². The van der Waals surface area contributed by atoms with Gasteiger partial charge in [-0.25, -0.2) is 0 Å². The van der Waals surface area contributed by atoms with E-state index >= 15 is 0 Å². The molecule has 1 aliphatic heterocycles. The van der Waals surface area contributed by atoms with Crippen molar-refractivity contribution in [3.8, 4) is 0 Å². The van der Waals surface area contributed by atoms with Crippen molar-refractivity contribution in [3.63, 3.8) is 0 Å².